The van der Waals surface area contributed by atoms with Crippen LogP contribution < -0.4 is 5.32 Å². The monoisotopic (exact) mass is 279 g/mol. The van der Waals surface area contributed by atoms with Gasteiger partial charge in [0.2, 0.25) is 11.7 Å². The van der Waals surface area contributed by atoms with E-state index in [0.29, 0.717) is 17.1 Å². The molecule has 0 radical (unpaired) electrons. The third-order valence-corrected chi connectivity index (χ3v) is 3.65. The van der Waals surface area contributed by atoms with E-state index in [-0.39, 0.29) is 0 Å². The quantitative estimate of drug-likeness (QED) is 0.470. The van der Waals surface area contributed by atoms with Gasteiger partial charge in [-0.3, -0.25) is 9.59 Å². The van der Waals surface area contributed by atoms with Crippen molar-refractivity contribution in [1.29, 1.82) is 5.26 Å². The number of Topliss-reactive ketones (excluding diaryl/α,β-unsaturated/α-hetero) is 1. The molecule has 0 aliphatic heterocycles. The zero-order valence-electron chi connectivity index (χ0n) is 11.1. The number of amides is 1. The third-order valence-electron chi connectivity index (χ3n) is 2.70. The van der Waals surface area contributed by atoms with Crippen molar-refractivity contribution in [3.63, 3.8) is 0 Å². The summed E-state index contributed by atoms with van der Waals surface area (Å²) in [6, 6.07) is 1.78. The summed E-state index contributed by atoms with van der Waals surface area (Å²) in [5.41, 5.74) is 2.10. The Morgan fingerprint density at radius 1 is 1.53 bits per heavy atom. The number of nitriles is 1. The molecule has 6 heteroatoms. The molecular formula is C13H17N3O2S. The molecule has 1 amide bonds. The van der Waals surface area contributed by atoms with Crippen LogP contribution in [0.1, 0.15) is 41.6 Å². The van der Waals surface area contributed by atoms with Crippen LogP contribution in [0, 0.1) is 24.2 Å². The number of hydrogen-bond acceptors (Lipinski definition) is 5. The van der Waals surface area contributed by atoms with Crippen LogP contribution in [0.3, 0.4) is 0 Å². The minimum atomic E-state index is -1.28. The fourth-order valence-corrected chi connectivity index (χ4v) is 2.37. The lowest BCUT2D eigenvalue weighted by Gasteiger charge is -2.08. The van der Waals surface area contributed by atoms with Crippen LogP contribution in [0.5, 0.6) is 0 Å². The van der Waals surface area contributed by atoms with Gasteiger partial charge in [-0.1, -0.05) is 19.8 Å². The van der Waals surface area contributed by atoms with E-state index in [4.69, 9.17) is 5.26 Å². The van der Waals surface area contributed by atoms with Crippen LogP contribution in [-0.2, 0) is 4.79 Å². The van der Waals surface area contributed by atoms with Gasteiger partial charge in [0.15, 0.2) is 5.92 Å². The zero-order chi connectivity index (χ0) is 14.3. The summed E-state index contributed by atoms with van der Waals surface area (Å²) in [5, 5.41) is 11.6. The number of hydrogen-bond donors (Lipinski definition) is 1. The van der Waals surface area contributed by atoms with E-state index in [1.807, 2.05) is 0 Å². The molecule has 19 heavy (non-hydrogen) atoms. The average molecular weight is 279 g/mol. The van der Waals surface area contributed by atoms with Crippen molar-refractivity contribution < 1.29 is 9.59 Å². The second kappa shape index (κ2) is 7.64. The maximum absolute atomic E-state index is 12.1. The van der Waals surface area contributed by atoms with Crippen molar-refractivity contribution in [2.24, 2.45) is 5.92 Å². The van der Waals surface area contributed by atoms with Gasteiger partial charge in [-0.2, -0.15) is 5.26 Å². The van der Waals surface area contributed by atoms with Gasteiger partial charge >= 0.3 is 0 Å². The van der Waals surface area contributed by atoms with Gasteiger partial charge in [-0.15, -0.1) is 11.3 Å². The molecule has 0 saturated heterocycles. The summed E-state index contributed by atoms with van der Waals surface area (Å²) in [5.74, 6) is -2.26. The Bertz CT molecular complexity index is 490. The predicted molar refractivity (Wildman–Crippen MR) is 72.8 cm³/mol. The number of unbranched alkanes of at least 4 members (excludes halogenated alkanes) is 2. The van der Waals surface area contributed by atoms with Crippen molar-refractivity contribution in [3.8, 4) is 6.07 Å². The molecule has 1 rings (SSSR count). The second-order valence-corrected chi connectivity index (χ2v) is 5.05. The molecule has 0 bridgehead atoms. The highest BCUT2D eigenvalue weighted by atomic mass is 32.1. The Balaban J connectivity index is 2.63. The van der Waals surface area contributed by atoms with E-state index < -0.39 is 17.6 Å². The Morgan fingerprint density at radius 3 is 2.79 bits per heavy atom. The molecule has 1 heterocycles. The number of aryl methyl sites for hydroxylation is 1. The van der Waals surface area contributed by atoms with E-state index in [2.05, 4.69) is 17.2 Å². The first-order chi connectivity index (χ1) is 9.11. The highest BCUT2D eigenvalue weighted by Crippen LogP contribution is 2.17. The second-order valence-electron chi connectivity index (χ2n) is 4.19. The Kier molecular flexibility index (Phi) is 6.16. The van der Waals surface area contributed by atoms with Crippen molar-refractivity contribution >= 4 is 23.0 Å². The number of thiazole rings is 1. The molecule has 0 fully saturated rings. The minimum absolute atomic E-state index is 0.384. The highest BCUT2D eigenvalue weighted by Gasteiger charge is 2.29. The van der Waals surface area contributed by atoms with E-state index in [1.165, 1.54) is 5.51 Å². The molecule has 0 aromatic carbocycles. The first-order valence-corrected chi connectivity index (χ1v) is 7.11. The topological polar surface area (TPSA) is 82.9 Å². The van der Waals surface area contributed by atoms with Crippen molar-refractivity contribution in [2.75, 3.05) is 6.54 Å². The lowest BCUT2D eigenvalue weighted by molar-refractivity contribution is -0.122. The van der Waals surface area contributed by atoms with Crippen molar-refractivity contribution in [2.45, 2.75) is 33.1 Å². The molecule has 1 unspecified atom stereocenters. The van der Waals surface area contributed by atoms with Crippen LogP contribution in [0.25, 0.3) is 0 Å². The van der Waals surface area contributed by atoms with Crippen LogP contribution in [0.15, 0.2) is 5.51 Å². The van der Waals surface area contributed by atoms with Crippen LogP contribution in [-0.4, -0.2) is 23.2 Å². The molecule has 0 aliphatic carbocycles. The molecule has 1 aromatic rings. The standard InChI is InChI=1S/C13H17N3O2S/c1-3-4-5-6-15-13(18)10(7-14)11(17)12-9(2)16-8-19-12/h8,10H,3-6H2,1-2H3,(H,15,18). The Labute approximate surface area is 116 Å². The largest absolute Gasteiger partial charge is 0.355 e. The van der Waals surface area contributed by atoms with E-state index in [0.717, 1.165) is 30.6 Å². The van der Waals surface area contributed by atoms with Crippen LogP contribution in [0.2, 0.25) is 0 Å². The summed E-state index contributed by atoms with van der Waals surface area (Å²) in [6.07, 6.45) is 2.92. The van der Waals surface area contributed by atoms with Gasteiger partial charge < -0.3 is 5.32 Å². The number of carbonyl (C=O) groups excluding carboxylic acids is 2. The number of nitrogens with one attached hydrogen (secondary N) is 1. The molecule has 1 atom stereocenters. The Hall–Kier alpha value is -1.74. The maximum atomic E-state index is 12.1. The number of rotatable bonds is 7. The van der Waals surface area contributed by atoms with Crippen molar-refractivity contribution in [1.82, 2.24) is 10.3 Å². The van der Waals surface area contributed by atoms with Gasteiger partial charge in [-0.25, -0.2) is 4.98 Å². The molecular weight excluding hydrogens is 262 g/mol. The zero-order valence-corrected chi connectivity index (χ0v) is 11.9. The summed E-state index contributed by atoms with van der Waals surface area (Å²) < 4.78 is 0. The maximum Gasteiger partial charge on any atom is 0.245 e. The number of aromatic nitrogens is 1. The predicted octanol–water partition coefficient (Wildman–Crippen LogP) is 2.08. The van der Waals surface area contributed by atoms with E-state index in [1.54, 1.807) is 13.0 Å². The summed E-state index contributed by atoms with van der Waals surface area (Å²) in [7, 11) is 0. The van der Waals surface area contributed by atoms with Crippen LogP contribution in [0.4, 0.5) is 0 Å². The molecule has 0 saturated carbocycles. The van der Waals surface area contributed by atoms with Crippen LogP contribution >= 0.6 is 11.3 Å². The lowest BCUT2D eigenvalue weighted by atomic mass is 10.0. The molecule has 5 nitrogen and oxygen atoms in total. The highest BCUT2D eigenvalue weighted by molar-refractivity contribution is 7.12. The molecule has 1 aromatic heterocycles. The summed E-state index contributed by atoms with van der Waals surface area (Å²) in [6.45, 7) is 4.26. The third kappa shape index (κ3) is 4.14. The first kappa shape index (κ1) is 15.3. The smallest absolute Gasteiger partial charge is 0.245 e. The van der Waals surface area contributed by atoms with Gasteiger partial charge in [0, 0.05) is 6.54 Å². The summed E-state index contributed by atoms with van der Waals surface area (Å²) in [4.78, 5) is 28.2. The van der Waals surface area contributed by atoms with Gasteiger partial charge in [0.25, 0.3) is 0 Å². The molecule has 1 N–H and O–H groups in total. The van der Waals surface area contributed by atoms with E-state index in [9.17, 15) is 9.59 Å². The number of nitrogens with zero attached hydrogens (tertiary/aromatic N) is 2. The average Bonchev–Trinajstić information content (AvgIpc) is 2.81. The first-order valence-electron chi connectivity index (χ1n) is 6.23. The fourth-order valence-electron chi connectivity index (χ4n) is 1.59. The van der Waals surface area contributed by atoms with Gasteiger partial charge in [0.1, 0.15) is 0 Å². The normalized spacial score (nSPS) is 11.6. The van der Waals surface area contributed by atoms with E-state index >= 15 is 0 Å². The van der Waals surface area contributed by atoms with Gasteiger partial charge in [0.05, 0.1) is 22.2 Å². The lowest BCUT2D eigenvalue weighted by Crippen LogP contribution is -2.35. The minimum Gasteiger partial charge on any atom is -0.355 e. The van der Waals surface area contributed by atoms with Crippen molar-refractivity contribution in [3.05, 3.63) is 16.1 Å². The molecule has 0 spiro atoms. The van der Waals surface area contributed by atoms with Gasteiger partial charge in [-0.05, 0) is 13.3 Å². The SMILES string of the molecule is CCCCCNC(=O)C(C#N)C(=O)c1scnc1C. The summed E-state index contributed by atoms with van der Waals surface area (Å²) >= 11 is 1.16. The molecule has 0 aliphatic rings. The molecule has 102 valence electrons. The fraction of sp³-hybridized carbons (Fsp3) is 0.538. The number of carbonyl (C=O) groups is 2. The Morgan fingerprint density at radius 2 is 2.26 bits per heavy atom. The number of ketones is 1.